The van der Waals surface area contributed by atoms with Crippen molar-refractivity contribution in [2.24, 2.45) is 0 Å². The van der Waals surface area contributed by atoms with E-state index in [0.717, 1.165) is 6.42 Å². The van der Waals surface area contributed by atoms with E-state index in [4.69, 9.17) is 4.74 Å². The molecule has 15 heavy (non-hydrogen) atoms. The van der Waals surface area contributed by atoms with Crippen molar-refractivity contribution in [3.63, 3.8) is 0 Å². The summed E-state index contributed by atoms with van der Waals surface area (Å²) >= 11 is 0. The monoisotopic (exact) mass is 205 g/mol. The summed E-state index contributed by atoms with van der Waals surface area (Å²) in [7, 11) is 1.89. The summed E-state index contributed by atoms with van der Waals surface area (Å²) in [6, 6.07) is 8.33. The van der Waals surface area contributed by atoms with Crippen molar-refractivity contribution < 1.29 is 9.53 Å². The normalized spacial score (nSPS) is 23.6. The van der Waals surface area contributed by atoms with Gasteiger partial charge in [0.05, 0.1) is 6.04 Å². The van der Waals surface area contributed by atoms with Crippen LogP contribution in [0.3, 0.4) is 0 Å². The van der Waals surface area contributed by atoms with Crippen LogP contribution in [0.4, 0.5) is 0 Å². The number of carbonyl (C=O) groups is 1. The Kier molecular flexibility index (Phi) is 2.73. The van der Waals surface area contributed by atoms with E-state index in [2.05, 4.69) is 17.4 Å². The Morgan fingerprint density at radius 3 is 2.87 bits per heavy atom. The molecule has 0 radical (unpaired) electrons. The summed E-state index contributed by atoms with van der Waals surface area (Å²) in [5.41, 5.74) is 2.51. The zero-order valence-electron chi connectivity index (χ0n) is 8.99. The molecule has 0 amide bonds. The molecule has 2 unspecified atom stereocenters. The Balaban J connectivity index is 2.24. The summed E-state index contributed by atoms with van der Waals surface area (Å²) in [5, 5.41) is 3.20. The minimum Gasteiger partial charge on any atom is -0.460 e. The summed E-state index contributed by atoms with van der Waals surface area (Å²) in [4.78, 5) is 11.0. The predicted molar refractivity (Wildman–Crippen MR) is 57.5 cm³/mol. The van der Waals surface area contributed by atoms with Crippen molar-refractivity contribution in [1.82, 2.24) is 5.32 Å². The van der Waals surface area contributed by atoms with E-state index in [1.54, 1.807) is 0 Å². The number of rotatable bonds is 2. The third-order valence-corrected chi connectivity index (χ3v) is 2.81. The van der Waals surface area contributed by atoms with E-state index < -0.39 is 0 Å². The summed E-state index contributed by atoms with van der Waals surface area (Å²) in [6.45, 7) is 1.45. The number of hydrogen-bond acceptors (Lipinski definition) is 3. The van der Waals surface area contributed by atoms with E-state index in [1.807, 2.05) is 19.2 Å². The van der Waals surface area contributed by atoms with Crippen molar-refractivity contribution in [2.75, 3.05) is 7.05 Å². The van der Waals surface area contributed by atoms with Gasteiger partial charge >= 0.3 is 5.97 Å². The van der Waals surface area contributed by atoms with Gasteiger partial charge < -0.3 is 10.1 Å². The zero-order chi connectivity index (χ0) is 10.8. The fourth-order valence-electron chi connectivity index (χ4n) is 2.22. The molecule has 0 heterocycles. The van der Waals surface area contributed by atoms with Crippen LogP contribution < -0.4 is 5.32 Å². The average Bonchev–Trinajstić information content (AvgIpc) is 2.53. The molecule has 0 spiro atoms. The number of ether oxygens (including phenoxy) is 1. The highest BCUT2D eigenvalue weighted by Crippen LogP contribution is 2.32. The van der Waals surface area contributed by atoms with Crippen molar-refractivity contribution in [3.8, 4) is 0 Å². The lowest BCUT2D eigenvalue weighted by atomic mass is 10.1. The maximum Gasteiger partial charge on any atom is 0.302 e. The van der Waals surface area contributed by atoms with Gasteiger partial charge in [0.2, 0.25) is 0 Å². The van der Waals surface area contributed by atoms with Crippen molar-refractivity contribution >= 4 is 5.97 Å². The van der Waals surface area contributed by atoms with Crippen LogP contribution >= 0.6 is 0 Å². The van der Waals surface area contributed by atoms with Gasteiger partial charge in [-0.15, -0.1) is 0 Å². The molecule has 1 aliphatic rings. The number of fused-ring (bicyclic) bond motifs is 1. The molecule has 0 bridgehead atoms. The minimum absolute atomic E-state index is 0.0649. The molecule has 0 aromatic heterocycles. The van der Waals surface area contributed by atoms with Crippen molar-refractivity contribution in [3.05, 3.63) is 35.4 Å². The van der Waals surface area contributed by atoms with E-state index in [9.17, 15) is 4.79 Å². The predicted octanol–water partition coefficient (Wildman–Crippen LogP) is 1.43. The van der Waals surface area contributed by atoms with Crippen LogP contribution in [-0.4, -0.2) is 19.1 Å². The van der Waals surface area contributed by atoms with Gasteiger partial charge in [-0.05, 0) is 18.2 Å². The second-order valence-corrected chi connectivity index (χ2v) is 3.82. The van der Waals surface area contributed by atoms with Crippen LogP contribution in [0.5, 0.6) is 0 Å². The molecule has 3 heteroatoms. The third kappa shape index (κ3) is 1.88. The maximum atomic E-state index is 11.0. The summed E-state index contributed by atoms with van der Waals surface area (Å²) < 4.78 is 5.30. The van der Waals surface area contributed by atoms with Crippen LogP contribution in [0, 0.1) is 0 Å². The quantitative estimate of drug-likeness (QED) is 0.742. The SMILES string of the molecule is CNC1c2ccccc2CC1OC(C)=O. The lowest BCUT2D eigenvalue weighted by Crippen LogP contribution is -2.29. The molecular weight excluding hydrogens is 190 g/mol. The zero-order valence-corrected chi connectivity index (χ0v) is 8.99. The van der Waals surface area contributed by atoms with E-state index in [0.29, 0.717) is 0 Å². The second kappa shape index (κ2) is 4.03. The van der Waals surface area contributed by atoms with Gasteiger partial charge in [0.25, 0.3) is 0 Å². The van der Waals surface area contributed by atoms with Crippen LogP contribution in [0.15, 0.2) is 24.3 Å². The van der Waals surface area contributed by atoms with Crippen LogP contribution in [0.1, 0.15) is 24.1 Å². The smallest absolute Gasteiger partial charge is 0.302 e. The number of likely N-dealkylation sites (N-methyl/N-ethyl adjacent to an activating group) is 1. The van der Waals surface area contributed by atoms with Crippen LogP contribution in [0.25, 0.3) is 0 Å². The number of hydrogen-bond donors (Lipinski definition) is 1. The number of benzene rings is 1. The van der Waals surface area contributed by atoms with Gasteiger partial charge in [-0.25, -0.2) is 0 Å². The number of carbonyl (C=O) groups excluding carboxylic acids is 1. The first kappa shape index (κ1) is 10.2. The van der Waals surface area contributed by atoms with Gasteiger partial charge in [0, 0.05) is 13.3 Å². The first-order valence-corrected chi connectivity index (χ1v) is 5.14. The van der Waals surface area contributed by atoms with Crippen LogP contribution in [-0.2, 0) is 16.0 Å². The molecular formula is C12H15NO2. The molecule has 1 aromatic carbocycles. The Morgan fingerprint density at radius 2 is 2.20 bits per heavy atom. The molecule has 2 atom stereocenters. The largest absolute Gasteiger partial charge is 0.460 e. The maximum absolute atomic E-state index is 11.0. The lowest BCUT2D eigenvalue weighted by molar-refractivity contribution is -0.147. The second-order valence-electron chi connectivity index (χ2n) is 3.82. The third-order valence-electron chi connectivity index (χ3n) is 2.81. The Morgan fingerprint density at radius 1 is 1.47 bits per heavy atom. The highest BCUT2D eigenvalue weighted by molar-refractivity contribution is 5.66. The first-order chi connectivity index (χ1) is 7.22. The minimum atomic E-state index is -0.215. The standard InChI is InChI=1S/C12H15NO2/c1-8(14)15-11-7-9-5-3-4-6-10(9)12(11)13-2/h3-6,11-13H,7H2,1-2H3. The van der Waals surface area contributed by atoms with E-state index in [1.165, 1.54) is 18.1 Å². The fraction of sp³-hybridized carbons (Fsp3) is 0.417. The molecule has 0 fully saturated rings. The van der Waals surface area contributed by atoms with E-state index in [-0.39, 0.29) is 18.1 Å². The summed E-state index contributed by atoms with van der Waals surface area (Å²) in [6.07, 6.45) is 0.742. The molecule has 2 rings (SSSR count). The molecule has 0 saturated heterocycles. The van der Waals surface area contributed by atoms with Crippen molar-refractivity contribution in [1.29, 1.82) is 0 Å². The average molecular weight is 205 g/mol. The Hall–Kier alpha value is -1.35. The van der Waals surface area contributed by atoms with Gasteiger partial charge in [0.15, 0.2) is 0 Å². The van der Waals surface area contributed by atoms with Gasteiger partial charge in [-0.1, -0.05) is 24.3 Å². The molecule has 80 valence electrons. The van der Waals surface area contributed by atoms with Crippen LogP contribution in [0.2, 0.25) is 0 Å². The highest BCUT2D eigenvalue weighted by Gasteiger charge is 2.33. The molecule has 0 aliphatic heterocycles. The Bertz CT molecular complexity index is 376. The first-order valence-electron chi connectivity index (χ1n) is 5.14. The molecule has 1 N–H and O–H groups in total. The number of nitrogens with one attached hydrogen (secondary N) is 1. The van der Waals surface area contributed by atoms with Crippen molar-refractivity contribution in [2.45, 2.75) is 25.5 Å². The van der Waals surface area contributed by atoms with E-state index >= 15 is 0 Å². The lowest BCUT2D eigenvalue weighted by Gasteiger charge is -2.19. The van der Waals surface area contributed by atoms with Gasteiger partial charge in [-0.3, -0.25) is 4.79 Å². The topological polar surface area (TPSA) is 38.3 Å². The molecule has 3 nitrogen and oxygen atoms in total. The fourth-order valence-corrected chi connectivity index (χ4v) is 2.22. The van der Waals surface area contributed by atoms with Gasteiger partial charge in [-0.2, -0.15) is 0 Å². The Labute approximate surface area is 89.4 Å². The van der Waals surface area contributed by atoms with Gasteiger partial charge in [0.1, 0.15) is 6.10 Å². The summed E-state index contributed by atoms with van der Waals surface area (Å²) in [5.74, 6) is -0.215. The molecule has 0 saturated carbocycles. The molecule has 1 aliphatic carbocycles. The molecule has 1 aromatic rings. The highest BCUT2D eigenvalue weighted by atomic mass is 16.5. The number of esters is 1.